The molecule has 2 rings (SSSR count). The van der Waals surface area contributed by atoms with E-state index in [1.807, 2.05) is 37.3 Å². The molecule has 1 aromatic carbocycles. The third-order valence-electron chi connectivity index (χ3n) is 2.31. The van der Waals surface area contributed by atoms with Crippen LogP contribution in [0.2, 0.25) is 0 Å². The van der Waals surface area contributed by atoms with E-state index in [9.17, 15) is 0 Å². The minimum atomic E-state index is 0.0678. The number of para-hydroxylation sites is 1. The lowest BCUT2D eigenvalue weighted by Gasteiger charge is -2.03. The van der Waals surface area contributed by atoms with Crippen LogP contribution in [-0.2, 0) is 6.54 Å². The molecular weight excluding hydrogens is 186 g/mol. The number of hydrogen-bond acceptors (Lipinski definition) is 2. The zero-order valence-electron chi connectivity index (χ0n) is 8.66. The molecule has 76 valence electrons. The Labute approximate surface area is 89.3 Å². The summed E-state index contributed by atoms with van der Waals surface area (Å²) in [7, 11) is 0. The van der Waals surface area contributed by atoms with Crippen LogP contribution in [0.3, 0.4) is 0 Å². The van der Waals surface area contributed by atoms with Crippen molar-refractivity contribution in [2.75, 3.05) is 0 Å². The van der Waals surface area contributed by atoms with Crippen LogP contribution in [0.1, 0.15) is 12.7 Å². The number of rotatable bonds is 3. The van der Waals surface area contributed by atoms with Gasteiger partial charge >= 0.3 is 0 Å². The predicted octanol–water partition coefficient (Wildman–Crippen LogP) is 2.54. The first-order valence-electron chi connectivity index (χ1n) is 4.96. The monoisotopic (exact) mass is 199 g/mol. The maximum atomic E-state index is 5.63. The zero-order valence-corrected chi connectivity index (χ0v) is 8.66. The van der Waals surface area contributed by atoms with Crippen molar-refractivity contribution in [2.24, 2.45) is 0 Å². The fourth-order valence-electron chi connectivity index (χ4n) is 1.44. The number of terminal acetylenes is 1. The van der Waals surface area contributed by atoms with Gasteiger partial charge in [0.1, 0.15) is 11.3 Å². The summed E-state index contributed by atoms with van der Waals surface area (Å²) < 4.78 is 5.63. The van der Waals surface area contributed by atoms with Crippen LogP contribution < -0.4 is 5.32 Å². The van der Waals surface area contributed by atoms with Crippen molar-refractivity contribution in [3.63, 3.8) is 0 Å². The Kier molecular flexibility index (Phi) is 2.75. The highest BCUT2D eigenvalue weighted by atomic mass is 16.3. The van der Waals surface area contributed by atoms with Crippen molar-refractivity contribution in [2.45, 2.75) is 19.5 Å². The fourth-order valence-corrected chi connectivity index (χ4v) is 1.44. The Morgan fingerprint density at radius 2 is 2.27 bits per heavy atom. The summed E-state index contributed by atoms with van der Waals surface area (Å²) in [5, 5.41) is 4.31. The zero-order chi connectivity index (χ0) is 10.7. The molecule has 0 aliphatic heterocycles. The molecule has 15 heavy (non-hydrogen) atoms. The second-order valence-corrected chi connectivity index (χ2v) is 3.52. The van der Waals surface area contributed by atoms with Crippen LogP contribution in [0.4, 0.5) is 0 Å². The fraction of sp³-hybridized carbons (Fsp3) is 0.231. The van der Waals surface area contributed by atoms with Gasteiger partial charge in [-0.2, -0.15) is 0 Å². The molecule has 0 saturated heterocycles. The van der Waals surface area contributed by atoms with Gasteiger partial charge < -0.3 is 4.42 Å². The molecule has 2 aromatic rings. The SMILES string of the molecule is C#CC(C)NCc1cc2ccccc2o1. The van der Waals surface area contributed by atoms with Gasteiger partial charge in [-0.1, -0.05) is 24.1 Å². The number of nitrogens with one attached hydrogen (secondary N) is 1. The first kappa shape index (κ1) is 9.82. The summed E-state index contributed by atoms with van der Waals surface area (Å²) in [5.74, 6) is 3.53. The molecule has 1 N–H and O–H groups in total. The third kappa shape index (κ3) is 2.20. The van der Waals surface area contributed by atoms with Gasteiger partial charge in [0.15, 0.2) is 0 Å². The van der Waals surface area contributed by atoms with E-state index in [1.165, 1.54) is 0 Å². The summed E-state index contributed by atoms with van der Waals surface area (Å²) in [5.41, 5.74) is 0.919. The number of fused-ring (bicyclic) bond motifs is 1. The van der Waals surface area contributed by atoms with Crippen molar-refractivity contribution in [1.29, 1.82) is 0 Å². The van der Waals surface area contributed by atoms with Crippen molar-refractivity contribution in [3.8, 4) is 12.3 Å². The smallest absolute Gasteiger partial charge is 0.134 e. The molecule has 0 amide bonds. The van der Waals surface area contributed by atoms with Crippen molar-refractivity contribution in [3.05, 3.63) is 36.1 Å². The number of benzene rings is 1. The first-order valence-corrected chi connectivity index (χ1v) is 4.96. The van der Waals surface area contributed by atoms with Gasteiger partial charge in [0.05, 0.1) is 12.6 Å². The Morgan fingerprint density at radius 1 is 1.47 bits per heavy atom. The predicted molar refractivity (Wildman–Crippen MR) is 61.3 cm³/mol. The Balaban J connectivity index is 2.13. The molecule has 2 heteroatoms. The molecule has 1 atom stereocenters. The maximum Gasteiger partial charge on any atom is 0.134 e. The van der Waals surface area contributed by atoms with Crippen LogP contribution in [0, 0.1) is 12.3 Å². The van der Waals surface area contributed by atoms with Gasteiger partial charge in [-0.25, -0.2) is 0 Å². The summed E-state index contributed by atoms with van der Waals surface area (Å²) >= 11 is 0. The van der Waals surface area contributed by atoms with E-state index in [0.29, 0.717) is 6.54 Å². The summed E-state index contributed by atoms with van der Waals surface area (Å²) in [4.78, 5) is 0. The molecule has 0 radical (unpaired) electrons. The molecular formula is C13H13NO. The highest BCUT2D eigenvalue weighted by Gasteiger charge is 2.03. The second-order valence-electron chi connectivity index (χ2n) is 3.52. The van der Waals surface area contributed by atoms with Gasteiger partial charge in [-0.15, -0.1) is 6.42 Å². The molecule has 0 aliphatic rings. The third-order valence-corrected chi connectivity index (χ3v) is 2.31. The minimum Gasteiger partial charge on any atom is -0.460 e. The standard InChI is InChI=1S/C13H13NO/c1-3-10(2)14-9-12-8-11-6-4-5-7-13(11)15-12/h1,4-8,10,14H,9H2,2H3. The molecule has 0 bridgehead atoms. The quantitative estimate of drug-likeness (QED) is 0.768. The average molecular weight is 199 g/mol. The van der Waals surface area contributed by atoms with Gasteiger partial charge in [0.2, 0.25) is 0 Å². The van der Waals surface area contributed by atoms with Crippen LogP contribution in [0.25, 0.3) is 11.0 Å². The molecule has 2 nitrogen and oxygen atoms in total. The molecule has 0 fully saturated rings. The van der Waals surface area contributed by atoms with E-state index >= 15 is 0 Å². The average Bonchev–Trinajstić information content (AvgIpc) is 2.68. The topological polar surface area (TPSA) is 25.2 Å². The van der Waals surface area contributed by atoms with Crippen molar-refractivity contribution >= 4 is 11.0 Å². The Morgan fingerprint density at radius 3 is 3.00 bits per heavy atom. The lowest BCUT2D eigenvalue weighted by Crippen LogP contribution is -2.23. The summed E-state index contributed by atoms with van der Waals surface area (Å²) in [6.07, 6.45) is 5.27. The van der Waals surface area contributed by atoms with Gasteiger partial charge in [-0.05, 0) is 19.1 Å². The van der Waals surface area contributed by atoms with Crippen molar-refractivity contribution < 1.29 is 4.42 Å². The van der Waals surface area contributed by atoms with E-state index in [0.717, 1.165) is 16.7 Å². The van der Waals surface area contributed by atoms with Gasteiger partial charge in [-0.3, -0.25) is 5.32 Å². The molecule has 0 aliphatic carbocycles. The lowest BCUT2D eigenvalue weighted by molar-refractivity contribution is 0.505. The highest BCUT2D eigenvalue weighted by molar-refractivity contribution is 5.77. The second kappa shape index (κ2) is 4.20. The minimum absolute atomic E-state index is 0.0678. The van der Waals surface area contributed by atoms with E-state index in [1.54, 1.807) is 0 Å². The molecule has 1 aromatic heterocycles. The van der Waals surface area contributed by atoms with E-state index in [2.05, 4.69) is 11.2 Å². The van der Waals surface area contributed by atoms with Crippen LogP contribution in [-0.4, -0.2) is 6.04 Å². The Bertz CT molecular complexity index is 459. The summed E-state index contributed by atoms with van der Waals surface area (Å²) in [6, 6.07) is 10.1. The van der Waals surface area contributed by atoms with Crippen LogP contribution in [0.5, 0.6) is 0 Å². The van der Waals surface area contributed by atoms with E-state index < -0.39 is 0 Å². The van der Waals surface area contributed by atoms with Crippen LogP contribution >= 0.6 is 0 Å². The van der Waals surface area contributed by atoms with E-state index in [-0.39, 0.29) is 6.04 Å². The van der Waals surface area contributed by atoms with Gasteiger partial charge in [0, 0.05) is 5.39 Å². The highest BCUT2D eigenvalue weighted by Crippen LogP contribution is 2.18. The first-order chi connectivity index (χ1) is 7.29. The van der Waals surface area contributed by atoms with Crippen molar-refractivity contribution in [1.82, 2.24) is 5.32 Å². The molecule has 1 unspecified atom stereocenters. The lowest BCUT2D eigenvalue weighted by atomic mass is 10.2. The molecule has 0 saturated carbocycles. The van der Waals surface area contributed by atoms with Gasteiger partial charge in [0.25, 0.3) is 0 Å². The molecule has 0 spiro atoms. The van der Waals surface area contributed by atoms with E-state index in [4.69, 9.17) is 10.8 Å². The summed E-state index contributed by atoms with van der Waals surface area (Å²) in [6.45, 7) is 2.61. The molecule has 1 heterocycles. The Hall–Kier alpha value is -1.72. The normalized spacial score (nSPS) is 12.5. The van der Waals surface area contributed by atoms with Crippen LogP contribution in [0.15, 0.2) is 34.7 Å². The largest absolute Gasteiger partial charge is 0.460 e. The maximum absolute atomic E-state index is 5.63. The number of furan rings is 1. The number of hydrogen-bond donors (Lipinski definition) is 1.